The number of ether oxygens (including phenoxy) is 1. The molecule has 1 N–H and O–H groups in total. The molecule has 0 aliphatic heterocycles. The summed E-state index contributed by atoms with van der Waals surface area (Å²) in [7, 11) is 1.99. The average Bonchev–Trinajstić information content (AvgIpc) is 2.13. The highest BCUT2D eigenvalue weighted by Gasteiger charge is 2.29. The lowest BCUT2D eigenvalue weighted by atomic mass is 9.89. The molecule has 0 bridgehead atoms. The Balaban J connectivity index is 1.84. The van der Waals surface area contributed by atoms with Crippen LogP contribution in [0.25, 0.3) is 0 Å². The quantitative estimate of drug-likeness (QED) is 0.788. The summed E-state index contributed by atoms with van der Waals surface area (Å²) >= 11 is 0. The van der Waals surface area contributed by atoms with Crippen LogP contribution in [0.4, 0.5) is 0 Å². The molecular weight excluding hydrogens is 176 g/mol. The summed E-state index contributed by atoms with van der Waals surface area (Å²) in [6, 6.07) is 4.59. The molecule has 1 aliphatic rings. The molecule has 0 spiro atoms. The minimum atomic E-state index is 0.350. The molecule has 1 saturated carbocycles. The van der Waals surface area contributed by atoms with Crippen molar-refractivity contribution in [3.63, 3.8) is 0 Å². The van der Waals surface area contributed by atoms with Crippen molar-refractivity contribution in [3.05, 3.63) is 23.9 Å². The summed E-state index contributed by atoms with van der Waals surface area (Å²) in [5.41, 5.74) is 1.17. The first kappa shape index (κ1) is 9.46. The van der Waals surface area contributed by atoms with Gasteiger partial charge in [-0.05, 0) is 32.4 Å². The van der Waals surface area contributed by atoms with Crippen LogP contribution in [0.5, 0.6) is 5.88 Å². The minimum Gasteiger partial charge on any atom is -0.474 e. The second-order valence-electron chi connectivity index (χ2n) is 3.87. The molecule has 1 fully saturated rings. The fourth-order valence-electron chi connectivity index (χ4n) is 1.59. The zero-order valence-corrected chi connectivity index (χ0v) is 8.66. The Hall–Kier alpha value is -1.09. The Kier molecular flexibility index (Phi) is 2.68. The van der Waals surface area contributed by atoms with Gasteiger partial charge in [0.2, 0.25) is 5.88 Å². The molecule has 0 aromatic carbocycles. The Morgan fingerprint density at radius 1 is 1.43 bits per heavy atom. The van der Waals surface area contributed by atoms with Gasteiger partial charge < -0.3 is 10.1 Å². The van der Waals surface area contributed by atoms with Crippen LogP contribution >= 0.6 is 0 Å². The molecule has 1 aromatic rings. The van der Waals surface area contributed by atoms with E-state index in [1.54, 1.807) is 0 Å². The molecule has 0 radical (unpaired) electrons. The van der Waals surface area contributed by atoms with Gasteiger partial charge in [0.05, 0.1) is 0 Å². The summed E-state index contributed by atoms with van der Waals surface area (Å²) in [6.07, 6.45) is 4.37. The zero-order chi connectivity index (χ0) is 9.97. The zero-order valence-electron chi connectivity index (χ0n) is 8.66. The maximum Gasteiger partial charge on any atom is 0.213 e. The van der Waals surface area contributed by atoms with Crippen molar-refractivity contribution in [3.8, 4) is 5.88 Å². The number of nitrogens with zero attached hydrogens (tertiary/aromatic N) is 1. The normalized spacial score (nSPS) is 25.6. The lowest BCUT2D eigenvalue weighted by molar-refractivity contribution is 0.0839. The topological polar surface area (TPSA) is 34.1 Å². The van der Waals surface area contributed by atoms with Gasteiger partial charge in [0.15, 0.2) is 0 Å². The summed E-state index contributed by atoms with van der Waals surface area (Å²) in [4.78, 5) is 4.21. The van der Waals surface area contributed by atoms with Crippen LogP contribution in [0.2, 0.25) is 0 Å². The van der Waals surface area contributed by atoms with E-state index in [4.69, 9.17) is 4.74 Å². The van der Waals surface area contributed by atoms with E-state index in [0.29, 0.717) is 12.1 Å². The summed E-state index contributed by atoms with van der Waals surface area (Å²) in [6.45, 7) is 2.02. The molecule has 14 heavy (non-hydrogen) atoms. The number of hydrogen-bond acceptors (Lipinski definition) is 3. The van der Waals surface area contributed by atoms with Crippen LogP contribution in [0.3, 0.4) is 0 Å². The lowest BCUT2D eigenvalue weighted by Gasteiger charge is -2.34. The largest absolute Gasteiger partial charge is 0.474 e. The molecule has 1 aromatic heterocycles. The number of hydrogen-bond donors (Lipinski definition) is 1. The second kappa shape index (κ2) is 3.96. The molecule has 3 nitrogen and oxygen atoms in total. The smallest absolute Gasteiger partial charge is 0.213 e. The van der Waals surface area contributed by atoms with E-state index in [2.05, 4.69) is 10.3 Å². The van der Waals surface area contributed by atoms with Crippen molar-refractivity contribution in [1.82, 2.24) is 10.3 Å². The SMILES string of the molecule is CN[C@H]1C[C@H](Oc2ccc(C)cn2)C1. The van der Waals surface area contributed by atoms with E-state index >= 15 is 0 Å². The Morgan fingerprint density at radius 3 is 2.79 bits per heavy atom. The van der Waals surface area contributed by atoms with Crippen LogP contribution in [-0.4, -0.2) is 24.2 Å². The third-order valence-electron chi connectivity index (χ3n) is 2.67. The number of nitrogens with one attached hydrogen (secondary N) is 1. The molecule has 3 heteroatoms. The summed E-state index contributed by atoms with van der Waals surface area (Å²) in [5, 5.41) is 3.23. The van der Waals surface area contributed by atoms with Gasteiger partial charge in [0.1, 0.15) is 6.10 Å². The molecule has 1 aliphatic carbocycles. The predicted molar refractivity (Wildman–Crippen MR) is 55.5 cm³/mol. The number of aryl methyl sites for hydroxylation is 1. The first-order chi connectivity index (χ1) is 6.78. The van der Waals surface area contributed by atoms with E-state index in [1.807, 2.05) is 32.3 Å². The van der Waals surface area contributed by atoms with Gasteiger partial charge in [-0.15, -0.1) is 0 Å². The Labute approximate surface area is 84.5 Å². The second-order valence-corrected chi connectivity index (χ2v) is 3.87. The van der Waals surface area contributed by atoms with Gasteiger partial charge in [-0.25, -0.2) is 4.98 Å². The van der Waals surface area contributed by atoms with Gasteiger partial charge in [-0.2, -0.15) is 0 Å². The molecular formula is C11H16N2O. The minimum absolute atomic E-state index is 0.350. The van der Waals surface area contributed by atoms with Gasteiger partial charge in [-0.1, -0.05) is 6.07 Å². The number of pyridine rings is 1. The van der Waals surface area contributed by atoms with Crippen molar-refractivity contribution in [2.24, 2.45) is 0 Å². The van der Waals surface area contributed by atoms with Crippen LogP contribution in [0, 0.1) is 6.92 Å². The van der Waals surface area contributed by atoms with E-state index in [9.17, 15) is 0 Å². The van der Waals surface area contributed by atoms with E-state index < -0.39 is 0 Å². The van der Waals surface area contributed by atoms with E-state index in [-0.39, 0.29) is 0 Å². The molecule has 0 atom stereocenters. The van der Waals surface area contributed by atoms with Crippen molar-refractivity contribution >= 4 is 0 Å². The molecule has 2 rings (SSSR count). The third kappa shape index (κ3) is 2.04. The van der Waals surface area contributed by atoms with Crippen molar-refractivity contribution in [2.45, 2.75) is 31.9 Å². The first-order valence-electron chi connectivity index (χ1n) is 5.04. The molecule has 0 saturated heterocycles. The highest BCUT2D eigenvalue weighted by molar-refractivity contribution is 5.16. The van der Waals surface area contributed by atoms with Crippen molar-refractivity contribution < 1.29 is 4.74 Å². The fourth-order valence-corrected chi connectivity index (χ4v) is 1.59. The monoisotopic (exact) mass is 192 g/mol. The summed E-state index contributed by atoms with van der Waals surface area (Å²) in [5.74, 6) is 0.746. The van der Waals surface area contributed by atoms with Gasteiger partial charge in [0, 0.05) is 18.3 Å². The predicted octanol–water partition coefficient (Wildman–Crippen LogP) is 1.52. The number of rotatable bonds is 3. The molecule has 76 valence electrons. The lowest BCUT2D eigenvalue weighted by Crippen LogP contribution is -2.45. The van der Waals surface area contributed by atoms with Crippen molar-refractivity contribution in [2.75, 3.05) is 7.05 Å². The van der Waals surface area contributed by atoms with Crippen LogP contribution in [0.15, 0.2) is 18.3 Å². The molecule has 0 unspecified atom stereocenters. The third-order valence-corrected chi connectivity index (χ3v) is 2.67. The van der Waals surface area contributed by atoms with E-state index in [1.165, 1.54) is 5.56 Å². The number of aromatic nitrogens is 1. The summed E-state index contributed by atoms with van der Waals surface area (Å²) < 4.78 is 5.69. The highest BCUT2D eigenvalue weighted by Crippen LogP contribution is 2.24. The van der Waals surface area contributed by atoms with Crippen LogP contribution < -0.4 is 10.1 Å². The van der Waals surface area contributed by atoms with E-state index in [0.717, 1.165) is 18.7 Å². The van der Waals surface area contributed by atoms with Gasteiger partial charge in [-0.3, -0.25) is 0 Å². The first-order valence-corrected chi connectivity index (χ1v) is 5.04. The van der Waals surface area contributed by atoms with Crippen LogP contribution in [0.1, 0.15) is 18.4 Å². The standard InChI is InChI=1S/C11H16N2O/c1-8-3-4-11(13-7-8)14-10-5-9(6-10)12-2/h3-4,7,9-10,12H,5-6H2,1-2H3/t9-,10-. The van der Waals surface area contributed by atoms with Gasteiger partial charge in [0.25, 0.3) is 0 Å². The Morgan fingerprint density at radius 2 is 2.21 bits per heavy atom. The van der Waals surface area contributed by atoms with Crippen molar-refractivity contribution in [1.29, 1.82) is 0 Å². The molecule has 0 amide bonds. The Bertz CT molecular complexity index is 291. The van der Waals surface area contributed by atoms with Gasteiger partial charge >= 0.3 is 0 Å². The maximum atomic E-state index is 5.69. The fraction of sp³-hybridized carbons (Fsp3) is 0.545. The highest BCUT2D eigenvalue weighted by atomic mass is 16.5. The maximum absolute atomic E-state index is 5.69. The van der Waals surface area contributed by atoms with Crippen LogP contribution in [-0.2, 0) is 0 Å². The molecule has 1 heterocycles. The average molecular weight is 192 g/mol.